The molecule has 0 saturated heterocycles. The molecule has 0 fully saturated rings. The Bertz CT molecular complexity index is 510. The van der Waals surface area contributed by atoms with Gasteiger partial charge >= 0.3 is 0 Å². The first-order valence-electron chi connectivity index (χ1n) is 6.26. The molecule has 0 aliphatic rings. The minimum atomic E-state index is 0.0857. The lowest BCUT2D eigenvalue weighted by atomic mass is 10.2. The number of aromatic nitrogens is 3. The molecule has 0 atom stereocenters. The van der Waals surface area contributed by atoms with Gasteiger partial charge in [0.2, 0.25) is 0 Å². The van der Waals surface area contributed by atoms with Crippen LogP contribution in [0.25, 0.3) is 0 Å². The predicted molar refractivity (Wildman–Crippen MR) is 73.9 cm³/mol. The minimum Gasteiger partial charge on any atom is -0.395 e. The molecule has 0 saturated carbocycles. The summed E-state index contributed by atoms with van der Waals surface area (Å²) in [5, 5.41) is 9.21. The van der Waals surface area contributed by atoms with Crippen molar-refractivity contribution in [3.63, 3.8) is 0 Å². The van der Waals surface area contributed by atoms with Gasteiger partial charge in [-0.1, -0.05) is 6.07 Å². The average Bonchev–Trinajstić information content (AvgIpc) is 2.38. The number of aliphatic hydroxyl groups is 1. The number of nitrogens with zero attached hydrogens (tertiary/aromatic N) is 4. The van der Waals surface area contributed by atoms with Crippen LogP contribution in [0.1, 0.15) is 17.1 Å². The number of pyridine rings is 1. The van der Waals surface area contributed by atoms with Crippen LogP contribution in [-0.2, 0) is 6.54 Å². The van der Waals surface area contributed by atoms with E-state index in [1.807, 2.05) is 43.1 Å². The summed E-state index contributed by atoms with van der Waals surface area (Å²) in [6, 6.07) is 5.85. The van der Waals surface area contributed by atoms with Crippen molar-refractivity contribution in [3.8, 4) is 0 Å². The second kappa shape index (κ2) is 6.24. The third-order valence-corrected chi connectivity index (χ3v) is 2.74. The number of hydrogen-bond acceptors (Lipinski definition) is 5. The molecule has 5 nitrogen and oxygen atoms in total. The van der Waals surface area contributed by atoms with Gasteiger partial charge in [-0.2, -0.15) is 0 Å². The third kappa shape index (κ3) is 3.72. The molecule has 5 heteroatoms. The molecule has 100 valence electrons. The summed E-state index contributed by atoms with van der Waals surface area (Å²) < 4.78 is 0. The lowest BCUT2D eigenvalue weighted by Crippen LogP contribution is -2.27. The summed E-state index contributed by atoms with van der Waals surface area (Å²) in [4.78, 5) is 14.8. The molecular formula is C14H18N4O. The lowest BCUT2D eigenvalue weighted by molar-refractivity contribution is 0.301. The molecule has 0 amide bonds. The zero-order valence-corrected chi connectivity index (χ0v) is 11.2. The molecule has 2 rings (SSSR count). The molecule has 0 aromatic carbocycles. The van der Waals surface area contributed by atoms with E-state index in [9.17, 15) is 5.11 Å². The zero-order valence-electron chi connectivity index (χ0n) is 11.2. The van der Waals surface area contributed by atoms with Crippen molar-refractivity contribution in [2.75, 3.05) is 18.1 Å². The van der Waals surface area contributed by atoms with Crippen molar-refractivity contribution in [1.29, 1.82) is 0 Å². The smallest absolute Gasteiger partial charge is 0.132 e. The van der Waals surface area contributed by atoms with E-state index in [2.05, 4.69) is 15.0 Å². The van der Waals surface area contributed by atoms with Gasteiger partial charge in [-0.15, -0.1) is 0 Å². The van der Waals surface area contributed by atoms with Gasteiger partial charge in [-0.3, -0.25) is 4.98 Å². The molecule has 0 spiro atoms. The van der Waals surface area contributed by atoms with Crippen molar-refractivity contribution in [2.24, 2.45) is 0 Å². The Morgan fingerprint density at radius 2 is 2.11 bits per heavy atom. The highest BCUT2D eigenvalue weighted by molar-refractivity contribution is 5.40. The molecule has 0 radical (unpaired) electrons. The molecule has 0 aliphatic heterocycles. The zero-order chi connectivity index (χ0) is 13.7. The van der Waals surface area contributed by atoms with Gasteiger partial charge in [0.1, 0.15) is 11.6 Å². The standard InChI is InChI=1S/C14H18N4O/c1-11-8-14(17-12(2)16-11)18(6-7-19)10-13-4-3-5-15-9-13/h3-5,8-9,19H,6-7,10H2,1-2H3. The maximum absolute atomic E-state index is 9.21. The Morgan fingerprint density at radius 1 is 1.26 bits per heavy atom. The van der Waals surface area contributed by atoms with Crippen LogP contribution in [0.4, 0.5) is 5.82 Å². The minimum absolute atomic E-state index is 0.0857. The molecule has 2 aromatic heterocycles. The third-order valence-electron chi connectivity index (χ3n) is 2.74. The number of hydrogen-bond donors (Lipinski definition) is 1. The Labute approximate surface area is 113 Å². The van der Waals surface area contributed by atoms with Crippen molar-refractivity contribution < 1.29 is 5.11 Å². The molecule has 0 aliphatic carbocycles. The Hall–Kier alpha value is -2.01. The van der Waals surface area contributed by atoms with Crippen LogP contribution in [0, 0.1) is 13.8 Å². The summed E-state index contributed by atoms with van der Waals surface area (Å²) in [6.07, 6.45) is 3.57. The number of aliphatic hydroxyl groups excluding tert-OH is 1. The first-order valence-corrected chi connectivity index (χ1v) is 6.26. The number of anilines is 1. The maximum atomic E-state index is 9.21. The van der Waals surface area contributed by atoms with Crippen LogP contribution in [0.2, 0.25) is 0 Å². The summed E-state index contributed by atoms with van der Waals surface area (Å²) in [6.45, 7) is 5.11. The highest BCUT2D eigenvalue weighted by Gasteiger charge is 2.10. The van der Waals surface area contributed by atoms with E-state index in [1.54, 1.807) is 6.20 Å². The normalized spacial score (nSPS) is 10.5. The largest absolute Gasteiger partial charge is 0.395 e. The topological polar surface area (TPSA) is 62.1 Å². The van der Waals surface area contributed by atoms with Crippen molar-refractivity contribution in [2.45, 2.75) is 20.4 Å². The quantitative estimate of drug-likeness (QED) is 0.880. The van der Waals surface area contributed by atoms with E-state index in [1.165, 1.54) is 0 Å². The summed E-state index contributed by atoms with van der Waals surface area (Å²) in [5.74, 6) is 1.58. The van der Waals surface area contributed by atoms with Gasteiger partial charge in [0.25, 0.3) is 0 Å². The van der Waals surface area contributed by atoms with Crippen LogP contribution in [0.15, 0.2) is 30.6 Å². The Kier molecular flexibility index (Phi) is 4.41. The van der Waals surface area contributed by atoms with E-state index in [0.717, 1.165) is 22.9 Å². The fourth-order valence-electron chi connectivity index (χ4n) is 1.97. The monoisotopic (exact) mass is 258 g/mol. The SMILES string of the molecule is Cc1cc(N(CCO)Cc2cccnc2)nc(C)n1. The van der Waals surface area contributed by atoms with Gasteiger partial charge in [0.15, 0.2) is 0 Å². The van der Waals surface area contributed by atoms with Crippen molar-refractivity contribution in [1.82, 2.24) is 15.0 Å². The van der Waals surface area contributed by atoms with Crippen molar-refractivity contribution >= 4 is 5.82 Å². The number of rotatable bonds is 5. The van der Waals surface area contributed by atoms with Gasteiger partial charge in [0, 0.05) is 37.2 Å². The highest BCUT2D eigenvalue weighted by Crippen LogP contribution is 2.15. The highest BCUT2D eigenvalue weighted by atomic mass is 16.3. The first kappa shape index (κ1) is 13.4. The van der Waals surface area contributed by atoms with E-state index in [-0.39, 0.29) is 6.61 Å². The fraction of sp³-hybridized carbons (Fsp3) is 0.357. The molecular weight excluding hydrogens is 240 g/mol. The van der Waals surface area contributed by atoms with Gasteiger partial charge in [0.05, 0.1) is 6.61 Å². The second-order valence-electron chi connectivity index (χ2n) is 4.42. The molecule has 19 heavy (non-hydrogen) atoms. The summed E-state index contributed by atoms with van der Waals surface area (Å²) >= 11 is 0. The van der Waals surface area contributed by atoms with E-state index in [4.69, 9.17) is 0 Å². The van der Waals surface area contributed by atoms with Crippen molar-refractivity contribution in [3.05, 3.63) is 47.7 Å². The average molecular weight is 258 g/mol. The van der Waals surface area contributed by atoms with Crippen LogP contribution >= 0.6 is 0 Å². The van der Waals surface area contributed by atoms with E-state index < -0.39 is 0 Å². The predicted octanol–water partition coefficient (Wildman–Crippen LogP) is 1.49. The molecule has 2 heterocycles. The molecule has 0 bridgehead atoms. The summed E-state index contributed by atoms with van der Waals surface area (Å²) in [5.41, 5.74) is 2.02. The van der Waals surface area contributed by atoms with E-state index in [0.29, 0.717) is 13.1 Å². The fourth-order valence-corrected chi connectivity index (χ4v) is 1.97. The Morgan fingerprint density at radius 3 is 2.74 bits per heavy atom. The van der Waals surface area contributed by atoms with Crippen LogP contribution in [-0.4, -0.2) is 33.2 Å². The second-order valence-corrected chi connectivity index (χ2v) is 4.42. The van der Waals surface area contributed by atoms with Crippen LogP contribution in [0.5, 0.6) is 0 Å². The molecule has 2 aromatic rings. The molecule has 0 unspecified atom stereocenters. The van der Waals surface area contributed by atoms with Gasteiger partial charge in [-0.05, 0) is 25.5 Å². The van der Waals surface area contributed by atoms with Crippen LogP contribution in [0.3, 0.4) is 0 Å². The number of aryl methyl sites for hydroxylation is 2. The maximum Gasteiger partial charge on any atom is 0.132 e. The van der Waals surface area contributed by atoms with E-state index >= 15 is 0 Å². The summed E-state index contributed by atoms with van der Waals surface area (Å²) in [7, 11) is 0. The van der Waals surface area contributed by atoms with Gasteiger partial charge in [-0.25, -0.2) is 9.97 Å². The Balaban J connectivity index is 2.24. The molecule has 1 N–H and O–H groups in total. The van der Waals surface area contributed by atoms with Crippen LogP contribution < -0.4 is 4.90 Å². The first-order chi connectivity index (χ1) is 9.19. The van der Waals surface area contributed by atoms with Gasteiger partial charge < -0.3 is 10.0 Å². The lowest BCUT2D eigenvalue weighted by Gasteiger charge is -2.23.